The minimum absolute atomic E-state index is 0.133. The zero-order chi connectivity index (χ0) is 24.8. The first-order chi connectivity index (χ1) is 17.0. The summed E-state index contributed by atoms with van der Waals surface area (Å²) in [6.07, 6.45) is 3.82. The number of aliphatic hydroxyl groups is 1. The van der Waals surface area contributed by atoms with Crippen LogP contribution in [0.2, 0.25) is 0 Å². The van der Waals surface area contributed by atoms with E-state index < -0.39 is 29.9 Å². The second kappa shape index (κ2) is 11.5. The molecule has 0 unspecified atom stereocenters. The van der Waals surface area contributed by atoms with Crippen LogP contribution in [-0.4, -0.2) is 55.4 Å². The molecule has 8 heteroatoms. The van der Waals surface area contributed by atoms with Crippen LogP contribution in [0.4, 0.5) is 0 Å². The van der Waals surface area contributed by atoms with Crippen LogP contribution in [0.1, 0.15) is 29.2 Å². The van der Waals surface area contributed by atoms with E-state index in [0.717, 1.165) is 23.3 Å². The van der Waals surface area contributed by atoms with Gasteiger partial charge in [-0.3, -0.25) is 9.59 Å². The first-order valence-corrected chi connectivity index (χ1v) is 11.9. The third kappa shape index (κ3) is 6.08. The van der Waals surface area contributed by atoms with Crippen molar-refractivity contribution in [3.05, 3.63) is 77.4 Å². The molecule has 0 radical (unpaired) electrons. The molecule has 5 atom stereocenters. The number of hydrogen-bond donors (Lipinski definition) is 4. The third-order valence-electron chi connectivity index (χ3n) is 6.72. The first-order valence-electron chi connectivity index (χ1n) is 11.9. The van der Waals surface area contributed by atoms with Crippen LogP contribution in [0.3, 0.4) is 0 Å². The number of amides is 2. The highest BCUT2D eigenvalue weighted by Gasteiger charge is 2.35. The Labute approximate surface area is 205 Å². The van der Waals surface area contributed by atoms with Gasteiger partial charge in [-0.2, -0.15) is 0 Å². The van der Waals surface area contributed by atoms with Gasteiger partial charge in [0.1, 0.15) is 11.7 Å². The lowest BCUT2D eigenvalue weighted by atomic mass is 9.97. The van der Waals surface area contributed by atoms with Crippen molar-refractivity contribution in [3.8, 4) is 5.75 Å². The van der Waals surface area contributed by atoms with Gasteiger partial charge in [-0.25, -0.2) is 0 Å². The van der Waals surface area contributed by atoms with E-state index in [2.05, 4.69) is 10.6 Å². The highest BCUT2D eigenvalue weighted by molar-refractivity contribution is 5.99. The largest absolute Gasteiger partial charge is 0.497 e. The zero-order valence-electron chi connectivity index (χ0n) is 19.9. The molecule has 1 aliphatic carbocycles. The van der Waals surface area contributed by atoms with Gasteiger partial charge in [-0.05, 0) is 41.7 Å². The molecule has 2 aromatic carbocycles. The fraction of sp³-hybridized carbons (Fsp3) is 0.407. The van der Waals surface area contributed by atoms with Gasteiger partial charge >= 0.3 is 0 Å². The Morgan fingerprint density at radius 2 is 2.00 bits per heavy atom. The maximum Gasteiger partial charge on any atom is 0.233 e. The van der Waals surface area contributed by atoms with Gasteiger partial charge in [0.2, 0.25) is 11.8 Å². The normalized spacial score (nSPS) is 28.2. The lowest BCUT2D eigenvalue weighted by Crippen LogP contribution is -2.52. The number of fused-ring (bicyclic) bond motifs is 3. The van der Waals surface area contributed by atoms with E-state index in [1.165, 1.54) is 5.56 Å². The summed E-state index contributed by atoms with van der Waals surface area (Å²) in [7, 11) is 1.64. The zero-order valence-corrected chi connectivity index (χ0v) is 19.9. The molecule has 2 aliphatic rings. The molecule has 1 aliphatic heterocycles. The first kappa shape index (κ1) is 24.9. The van der Waals surface area contributed by atoms with Crippen LogP contribution in [0.15, 0.2) is 60.7 Å². The van der Waals surface area contributed by atoms with Crippen LogP contribution >= 0.6 is 0 Å². The smallest absolute Gasteiger partial charge is 0.233 e. The van der Waals surface area contributed by atoms with Crippen LogP contribution in [0.5, 0.6) is 5.75 Å². The summed E-state index contributed by atoms with van der Waals surface area (Å²) >= 11 is 0. The molecule has 2 amide bonds. The van der Waals surface area contributed by atoms with E-state index in [9.17, 15) is 14.7 Å². The summed E-state index contributed by atoms with van der Waals surface area (Å²) in [5.41, 5.74) is 8.73. The van der Waals surface area contributed by atoms with Gasteiger partial charge in [0, 0.05) is 13.0 Å². The van der Waals surface area contributed by atoms with Gasteiger partial charge in [-0.15, -0.1) is 0 Å². The number of allylic oxidation sites excluding steroid dienone is 1. The van der Waals surface area contributed by atoms with Gasteiger partial charge in [0.15, 0.2) is 0 Å². The van der Waals surface area contributed by atoms with Gasteiger partial charge in [0.05, 0.1) is 38.0 Å². The molecule has 4 rings (SSSR count). The number of carbonyl (C=O) groups is 2. The lowest BCUT2D eigenvalue weighted by Gasteiger charge is -2.29. The molecule has 0 saturated carbocycles. The number of aliphatic hydroxyl groups excluding tert-OH is 1. The summed E-state index contributed by atoms with van der Waals surface area (Å²) in [5, 5.41) is 17.5. The van der Waals surface area contributed by atoms with Gasteiger partial charge in [0.25, 0.3) is 0 Å². The maximum absolute atomic E-state index is 13.0. The third-order valence-corrected chi connectivity index (χ3v) is 6.72. The minimum atomic E-state index is -1.02. The number of carbonyl (C=O) groups excluding carboxylic acids is 2. The van der Waals surface area contributed by atoms with Crippen molar-refractivity contribution in [2.45, 2.75) is 43.6 Å². The van der Waals surface area contributed by atoms with Crippen molar-refractivity contribution in [3.63, 3.8) is 0 Å². The Bertz CT molecular complexity index is 1060. The molecule has 0 fully saturated rings. The number of nitrogens with one attached hydrogen (secondary N) is 2. The SMILES string of the molecule is COc1ccc2c(c1)[C@H]1NC[C@@H](O)[C@H](Cc3ccccc3)NC(=O)[C@H](C(N)=O)C/C=C\CO[C@@H]1C2. The molecule has 35 heavy (non-hydrogen) atoms. The van der Waals surface area contributed by atoms with Crippen molar-refractivity contribution in [2.24, 2.45) is 11.7 Å². The number of primary amides is 1. The molecule has 0 saturated heterocycles. The quantitative estimate of drug-likeness (QED) is 0.389. The number of ether oxygens (including phenoxy) is 2. The van der Waals surface area contributed by atoms with Crippen molar-refractivity contribution in [2.75, 3.05) is 20.3 Å². The Kier molecular flexibility index (Phi) is 8.17. The molecular weight excluding hydrogens is 446 g/mol. The number of benzene rings is 2. The number of hydrogen-bond acceptors (Lipinski definition) is 6. The highest BCUT2D eigenvalue weighted by atomic mass is 16.5. The second-order valence-electron chi connectivity index (χ2n) is 9.06. The fourth-order valence-corrected chi connectivity index (χ4v) is 4.76. The molecule has 0 aromatic heterocycles. The number of rotatable bonds is 4. The Balaban J connectivity index is 1.61. The maximum atomic E-state index is 13.0. The average Bonchev–Trinajstić information content (AvgIpc) is 3.20. The lowest BCUT2D eigenvalue weighted by molar-refractivity contribution is -0.134. The van der Waals surface area contributed by atoms with Crippen LogP contribution in [0.25, 0.3) is 0 Å². The molecule has 0 bridgehead atoms. The minimum Gasteiger partial charge on any atom is -0.497 e. The standard InChI is InChI=1S/C27H33N3O5/c1-34-19-11-10-18-14-24-25(21(18)15-19)29-16-23(31)22(13-17-7-3-2-4-8-17)30-27(33)20(26(28)32)9-5-6-12-35-24/h2-8,10-11,15,20,22-25,29,31H,9,12-14,16H2,1H3,(H2,28,32)(H,30,33)/b6-5-/t20-,22-,23+,24+,25+/m0/s1. The second-order valence-corrected chi connectivity index (χ2v) is 9.06. The highest BCUT2D eigenvalue weighted by Crippen LogP contribution is 2.36. The summed E-state index contributed by atoms with van der Waals surface area (Å²) in [4.78, 5) is 25.0. The summed E-state index contributed by atoms with van der Waals surface area (Å²) in [6, 6.07) is 14.8. The summed E-state index contributed by atoms with van der Waals surface area (Å²) in [6.45, 7) is 0.552. The van der Waals surface area contributed by atoms with E-state index in [4.69, 9.17) is 15.2 Å². The Hall–Kier alpha value is -3.20. The van der Waals surface area contributed by atoms with Crippen LogP contribution < -0.4 is 21.1 Å². The van der Waals surface area contributed by atoms with Crippen molar-refractivity contribution in [1.82, 2.24) is 10.6 Å². The van der Waals surface area contributed by atoms with Crippen molar-refractivity contribution in [1.29, 1.82) is 0 Å². The number of methoxy groups -OCH3 is 1. The molecule has 2 aromatic rings. The van der Waals surface area contributed by atoms with Crippen LogP contribution in [0, 0.1) is 5.92 Å². The van der Waals surface area contributed by atoms with Crippen LogP contribution in [-0.2, 0) is 27.2 Å². The molecule has 8 nitrogen and oxygen atoms in total. The Morgan fingerprint density at radius 3 is 2.74 bits per heavy atom. The fourth-order valence-electron chi connectivity index (χ4n) is 4.76. The molecule has 0 spiro atoms. The van der Waals surface area contributed by atoms with E-state index in [0.29, 0.717) is 13.0 Å². The topological polar surface area (TPSA) is 123 Å². The molecule has 5 N–H and O–H groups in total. The van der Waals surface area contributed by atoms with E-state index in [1.807, 2.05) is 54.6 Å². The molecular formula is C27H33N3O5. The number of β-amino-alcohol motifs (C(OH)–C–C–N with tert-alkyl or cyclic N) is 1. The number of nitrogens with two attached hydrogens (primary N) is 1. The van der Waals surface area contributed by atoms with E-state index in [-0.39, 0.29) is 25.1 Å². The average molecular weight is 480 g/mol. The predicted octanol–water partition coefficient (Wildman–Crippen LogP) is 1.42. The monoisotopic (exact) mass is 479 g/mol. The van der Waals surface area contributed by atoms with E-state index in [1.54, 1.807) is 13.2 Å². The van der Waals surface area contributed by atoms with Crippen molar-refractivity contribution >= 4 is 11.8 Å². The predicted molar refractivity (Wildman–Crippen MR) is 132 cm³/mol. The Morgan fingerprint density at radius 1 is 1.20 bits per heavy atom. The van der Waals surface area contributed by atoms with Crippen molar-refractivity contribution < 1.29 is 24.2 Å². The summed E-state index contributed by atoms with van der Waals surface area (Å²) < 4.78 is 11.6. The summed E-state index contributed by atoms with van der Waals surface area (Å²) in [5.74, 6) is -1.46. The van der Waals surface area contributed by atoms with Gasteiger partial charge in [-0.1, -0.05) is 48.6 Å². The molecule has 186 valence electrons. The van der Waals surface area contributed by atoms with E-state index >= 15 is 0 Å². The molecule has 1 heterocycles. The van der Waals surface area contributed by atoms with Gasteiger partial charge < -0.3 is 30.9 Å².